The number of imide groups is 1. The fourth-order valence-electron chi connectivity index (χ4n) is 2.40. The molecule has 1 N–H and O–H groups in total. The Bertz CT molecular complexity index is 794. The Morgan fingerprint density at radius 1 is 1.38 bits per heavy atom. The summed E-state index contributed by atoms with van der Waals surface area (Å²) in [6.45, 7) is 2.53. The third-order valence-electron chi connectivity index (χ3n) is 3.70. The van der Waals surface area contributed by atoms with Gasteiger partial charge in [0.2, 0.25) is 5.91 Å². The number of benzene rings is 1. The third-order valence-corrected chi connectivity index (χ3v) is 4.82. The van der Waals surface area contributed by atoms with Crippen molar-refractivity contribution in [1.82, 2.24) is 25.0 Å². The van der Waals surface area contributed by atoms with Crippen LogP contribution in [0.5, 0.6) is 0 Å². The van der Waals surface area contributed by atoms with Crippen molar-refractivity contribution in [3.05, 3.63) is 30.1 Å². The van der Waals surface area contributed by atoms with Crippen molar-refractivity contribution < 1.29 is 14.0 Å². The highest BCUT2D eigenvalue weighted by atomic mass is 32.2. The summed E-state index contributed by atoms with van der Waals surface area (Å²) in [7, 11) is 1.71. The third kappa shape index (κ3) is 2.99. The predicted octanol–water partition coefficient (Wildman–Crippen LogP) is 1.65. The van der Waals surface area contributed by atoms with Gasteiger partial charge >= 0.3 is 6.03 Å². The molecule has 1 aliphatic rings. The largest absolute Gasteiger partial charge is 0.336 e. The Morgan fingerprint density at radius 3 is 2.79 bits per heavy atom. The number of hydrogen-bond donors (Lipinski definition) is 1. The van der Waals surface area contributed by atoms with Crippen LogP contribution in [0.1, 0.15) is 6.92 Å². The molecule has 1 saturated heterocycles. The summed E-state index contributed by atoms with van der Waals surface area (Å²) in [5, 5.41) is 10.6. The normalized spacial score (nSPS) is 15.5. The van der Waals surface area contributed by atoms with Crippen LogP contribution in [-0.2, 0) is 11.8 Å². The first-order valence-corrected chi connectivity index (χ1v) is 8.27. The first kappa shape index (κ1) is 16.4. The van der Waals surface area contributed by atoms with Crippen molar-refractivity contribution in [1.29, 1.82) is 0 Å². The molecule has 1 aromatic heterocycles. The second-order valence-electron chi connectivity index (χ2n) is 5.33. The highest BCUT2D eigenvalue weighted by molar-refractivity contribution is 8.00. The maximum absolute atomic E-state index is 13.9. The summed E-state index contributed by atoms with van der Waals surface area (Å²) in [5.41, 5.74) is 0.345. The second-order valence-corrected chi connectivity index (χ2v) is 6.63. The monoisotopic (exact) mass is 349 g/mol. The first-order valence-electron chi connectivity index (χ1n) is 7.39. The molecular weight excluding hydrogens is 333 g/mol. The molecule has 1 aliphatic heterocycles. The Labute approximate surface area is 142 Å². The molecule has 0 radical (unpaired) electrons. The molecule has 0 bridgehead atoms. The highest BCUT2D eigenvalue weighted by Gasteiger charge is 2.31. The van der Waals surface area contributed by atoms with E-state index in [1.807, 2.05) is 0 Å². The SMILES string of the molecule is C[C@H](Sc1nnc(-c2ccccc2F)n1C)C(=O)N1CCNC1=O. The van der Waals surface area contributed by atoms with Gasteiger partial charge < -0.3 is 9.88 Å². The average molecular weight is 349 g/mol. The van der Waals surface area contributed by atoms with E-state index in [4.69, 9.17) is 0 Å². The maximum atomic E-state index is 13.9. The Hall–Kier alpha value is -2.42. The van der Waals surface area contributed by atoms with Gasteiger partial charge in [0.05, 0.1) is 10.8 Å². The zero-order valence-electron chi connectivity index (χ0n) is 13.2. The maximum Gasteiger partial charge on any atom is 0.324 e. The van der Waals surface area contributed by atoms with Crippen LogP contribution in [0.3, 0.4) is 0 Å². The van der Waals surface area contributed by atoms with Crippen LogP contribution in [0, 0.1) is 5.82 Å². The lowest BCUT2D eigenvalue weighted by molar-refractivity contribution is -0.126. The van der Waals surface area contributed by atoms with Gasteiger partial charge in [-0.25, -0.2) is 9.18 Å². The smallest absolute Gasteiger partial charge is 0.324 e. The lowest BCUT2D eigenvalue weighted by atomic mass is 10.2. The van der Waals surface area contributed by atoms with Gasteiger partial charge in [0.15, 0.2) is 11.0 Å². The van der Waals surface area contributed by atoms with Crippen molar-refractivity contribution in [3.8, 4) is 11.4 Å². The summed E-state index contributed by atoms with van der Waals surface area (Å²) in [5.74, 6) is -0.290. The van der Waals surface area contributed by atoms with E-state index in [0.717, 1.165) is 0 Å². The minimum absolute atomic E-state index is 0.287. The number of aromatic nitrogens is 3. The molecule has 1 aromatic carbocycles. The number of rotatable bonds is 4. The number of hydrogen-bond acceptors (Lipinski definition) is 5. The second kappa shape index (κ2) is 6.60. The van der Waals surface area contributed by atoms with E-state index in [1.165, 1.54) is 22.7 Å². The average Bonchev–Trinajstić information content (AvgIpc) is 3.14. The number of nitrogens with one attached hydrogen (secondary N) is 1. The fraction of sp³-hybridized carbons (Fsp3) is 0.333. The Kier molecular flexibility index (Phi) is 4.52. The molecule has 0 saturated carbocycles. The van der Waals surface area contributed by atoms with Crippen LogP contribution < -0.4 is 5.32 Å². The van der Waals surface area contributed by atoms with Crippen molar-refractivity contribution in [3.63, 3.8) is 0 Å². The molecule has 2 heterocycles. The Morgan fingerprint density at radius 2 is 2.12 bits per heavy atom. The lowest BCUT2D eigenvalue weighted by Gasteiger charge is -2.16. The molecule has 0 spiro atoms. The number of carbonyl (C=O) groups is 2. The van der Waals surface area contributed by atoms with E-state index in [9.17, 15) is 14.0 Å². The van der Waals surface area contributed by atoms with Gasteiger partial charge in [0.25, 0.3) is 0 Å². The van der Waals surface area contributed by atoms with Gasteiger partial charge in [0, 0.05) is 20.1 Å². The quantitative estimate of drug-likeness (QED) is 0.849. The molecule has 24 heavy (non-hydrogen) atoms. The number of thioether (sulfide) groups is 1. The molecule has 0 unspecified atom stereocenters. The molecule has 2 aromatic rings. The van der Waals surface area contributed by atoms with Gasteiger partial charge in [-0.1, -0.05) is 23.9 Å². The molecule has 1 fully saturated rings. The zero-order chi connectivity index (χ0) is 17.3. The fourth-order valence-corrected chi connectivity index (χ4v) is 3.28. The molecule has 7 nitrogen and oxygen atoms in total. The number of urea groups is 1. The molecular formula is C15H16FN5O2S. The predicted molar refractivity (Wildman–Crippen MR) is 86.8 cm³/mol. The molecule has 3 amide bonds. The van der Waals surface area contributed by atoms with Crippen molar-refractivity contribution >= 4 is 23.7 Å². The number of amides is 3. The number of halogens is 1. The highest BCUT2D eigenvalue weighted by Crippen LogP contribution is 2.27. The van der Waals surface area contributed by atoms with E-state index in [0.29, 0.717) is 29.6 Å². The van der Waals surface area contributed by atoms with Crippen LogP contribution in [0.15, 0.2) is 29.4 Å². The van der Waals surface area contributed by atoms with E-state index in [2.05, 4.69) is 15.5 Å². The Balaban J connectivity index is 1.78. The molecule has 9 heteroatoms. The summed E-state index contributed by atoms with van der Waals surface area (Å²) < 4.78 is 15.5. The van der Waals surface area contributed by atoms with Crippen LogP contribution in [0.4, 0.5) is 9.18 Å². The summed E-state index contributed by atoms with van der Waals surface area (Å²) in [6, 6.07) is 5.92. The van der Waals surface area contributed by atoms with E-state index in [1.54, 1.807) is 36.7 Å². The van der Waals surface area contributed by atoms with E-state index in [-0.39, 0.29) is 17.8 Å². The van der Waals surface area contributed by atoms with E-state index >= 15 is 0 Å². The lowest BCUT2D eigenvalue weighted by Crippen LogP contribution is -2.39. The molecule has 1 atom stereocenters. The number of carbonyl (C=O) groups excluding carboxylic acids is 2. The summed E-state index contributed by atoms with van der Waals surface area (Å²) in [4.78, 5) is 25.1. The van der Waals surface area contributed by atoms with Crippen LogP contribution in [-0.4, -0.2) is 49.9 Å². The van der Waals surface area contributed by atoms with Crippen molar-refractivity contribution in [2.75, 3.05) is 13.1 Å². The van der Waals surface area contributed by atoms with Gasteiger partial charge in [-0.15, -0.1) is 10.2 Å². The van der Waals surface area contributed by atoms with Gasteiger partial charge in [-0.2, -0.15) is 0 Å². The minimum Gasteiger partial charge on any atom is -0.336 e. The van der Waals surface area contributed by atoms with Gasteiger partial charge in [0.1, 0.15) is 5.82 Å². The minimum atomic E-state index is -0.509. The topological polar surface area (TPSA) is 80.1 Å². The van der Waals surface area contributed by atoms with Crippen molar-refractivity contribution in [2.24, 2.45) is 7.05 Å². The molecule has 0 aliphatic carbocycles. The van der Waals surface area contributed by atoms with Gasteiger partial charge in [-0.3, -0.25) is 9.69 Å². The van der Waals surface area contributed by atoms with E-state index < -0.39 is 5.25 Å². The number of nitrogens with zero attached hydrogens (tertiary/aromatic N) is 4. The summed E-state index contributed by atoms with van der Waals surface area (Å²) in [6.07, 6.45) is 0. The van der Waals surface area contributed by atoms with Crippen LogP contribution >= 0.6 is 11.8 Å². The van der Waals surface area contributed by atoms with Crippen LogP contribution in [0.2, 0.25) is 0 Å². The van der Waals surface area contributed by atoms with Crippen LogP contribution in [0.25, 0.3) is 11.4 Å². The van der Waals surface area contributed by atoms with Gasteiger partial charge in [-0.05, 0) is 19.1 Å². The molecule has 126 valence electrons. The zero-order valence-corrected chi connectivity index (χ0v) is 14.0. The summed E-state index contributed by atoms with van der Waals surface area (Å²) >= 11 is 1.18. The standard InChI is InChI=1S/C15H16FN5O2S/c1-9(13(22)21-8-7-17-14(21)23)24-15-19-18-12(20(15)2)10-5-3-4-6-11(10)16/h3-6,9H,7-8H2,1-2H3,(H,17,23)/t9-/m0/s1. The van der Waals surface area contributed by atoms with Crippen molar-refractivity contribution in [2.45, 2.75) is 17.3 Å². The molecule has 3 rings (SSSR count). The first-order chi connectivity index (χ1) is 11.5.